The average molecular weight is 339 g/mol. The van der Waals surface area contributed by atoms with Crippen LogP contribution in [0.1, 0.15) is 12.5 Å². The summed E-state index contributed by atoms with van der Waals surface area (Å²) >= 11 is 7.34. The molecule has 0 spiro atoms. The zero-order valence-corrected chi connectivity index (χ0v) is 13.5. The first-order valence-electron chi connectivity index (χ1n) is 6.86. The van der Waals surface area contributed by atoms with Crippen LogP contribution in [0.25, 0.3) is 0 Å². The molecule has 1 aromatic carbocycles. The summed E-state index contributed by atoms with van der Waals surface area (Å²) in [7, 11) is 0. The third-order valence-electron chi connectivity index (χ3n) is 3.55. The molecule has 1 amide bonds. The summed E-state index contributed by atoms with van der Waals surface area (Å²) < 4.78 is 5.72. The standard InChI is InChI=1S/C14H15ClN4O2S/c1-9(13(20)17-14-18-16-8-22-14)19-4-5-21-12-3-2-11(15)6-10(12)7-19/h2-3,6,8-9H,4-5,7H2,1H3,(H,17,18,20). The normalized spacial score (nSPS) is 16.3. The van der Waals surface area contributed by atoms with Crippen molar-refractivity contribution in [2.24, 2.45) is 0 Å². The molecule has 1 atom stereocenters. The Labute approximate surface area is 137 Å². The summed E-state index contributed by atoms with van der Waals surface area (Å²) in [5.41, 5.74) is 2.57. The highest BCUT2D eigenvalue weighted by atomic mass is 35.5. The molecule has 2 aromatic rings. The first kappa shape index (κ1) is 15.2. The maximum atomic E-state index is 12.3. The molecule has 1 aliphatic rings. The van der Waals surface area contributed by atoms with Gasteiger partial charge in [0.2, 0.25) is 11.0 Å². The van der Waals surface area contributed by atoms with E-state index in [-0.39, 0.29) is 11.9 Å². The molecule has 1 N–H and O–H groups in total. The minimum atomic E-state index is -0.308. The van der Waals surface area contributed by atoms with E-state index in [4.69, 9.17) is 16.3 Å². The lowest BCUT2D eigenvalue weighted by atomic mass is 10.1. The smallest absolute Gasteiger partial charge is 0.243 e. The molecule has 3 rings (SSSR count). The zero-order chi connectivity index (χ0) is 15.5. The molecular weight excluding hydrogens is 324 g/mol. The number of hydrogen-bond donors (Lipinski definition) is 1. The van der Waals surface area contributed by atoms with E-state index in [1.165, 1.54) is 11.3 Å². The molecule has 1 unspecified atom stereocenters. The van der Waals surface area contributed by atoms with Crippen LogP contribution in [-0.4, -0.2) is 40.2 Å². The van der Waals surface area contributed by atoms with Gasteiger partial charge in [-0.05, 0) is 25.1 Å². The fourth-order valence-electron chi connectivity index (χ4n) is 2.32. The van der Waals surface area contributed by atoms with Gasteiger partial charge in [0.1, 0.15) is 17.9 Å². The Hall–Kier alpha value is -1.70. The number of aromatic nitrogens is 2. The lowest BCUT2D eigenvalue weighted by molar-refractivity contribution is -0.121. The number of carbonyl (C=O) groups excluding carboxylic acids is 1. The maximum absolute atomic E-state index is 12.3. The summed E-state index contributed by atoms with van der Waals surface area (Å²) in [5, 5.41) is 11.5. The number of carbonyl (C=O) groups is 1. The van der Waals surface area contributed by atoms with Gasteiger partial charge in [0, 0.05) is 23.7 Å². The van der Waals surface area contributed by atoms with Crippen molar-refractivity contribution in [3.63, 3.8) is 0 Å². The van der Waals surface area contributed by atoms with Crippen molar-refractivity contribution in [1.29, 1.82) is 0 Å². The number of nitrogens with one attached hydrogen (secondary N) is 1. The number of rotatable bonds is 3. The highest BCUT2D eigenvalue weighted by Crippen LogP contribution is 2.27. The van der Waals surface area contributed by atoms with Gasteiger partial charge < -0.3 is 4.74 Å². The first-order chi connectivity index (χ1) is 10.6. The molecule has 0 saturated carbocycles. The minimum absolute atomic E-state index is 0.109. The molecule has 22 heavy (non-hydrogen) atoms. The number of anilines is 1. The van der Waals surface area contributed by atoms with Crippen molar-refractivity contribution in [2.45, 2.75) is 19.5 Å². The number of fused-ring (bicyclic) bond motifs is 1. The largest absolute Gasteiger partial charge is 0.492 e. The van der Waals surface area contributed by atoms with Crippen molar-refractivity contribution in [1.82, 2.24) is 15.1 Å². The summed E-state index contributed by atoms with van der Waals surface area (Å²) in [6, 6.07) is 5.25. The van der Waals surface area contributed by atoms with Gasteiger partial charge in [-0.3, -0.25) is 15.0 Å². The lowest BCUT2D eigenvalue weighted by Crippen LogP contribution is -2.42. The number of nitrogens with zero attached hydrogens (tertiary/aromatic N) is 3. The van der Waals surface area contributed by atoms with Gasteiger partial charge in [0.15, 0.2) is 0 Å². The van der Waals surface area contributed by atoms with Crippen molar-refractivity contribution in [3.8, 4) is 5.75 Å². The van der Waals surface area contributed by atoms with Gasteiger partial charge >= 0.3 is 0 Å². The maximum Gasteiger partial charge on any atom is 0.243 e. The number of hydrogen-bond acceptors (Lipinski definition) is 6. The van der Waals surface area contributed by atoms with Crippen molar-refractivity contribution >= 4 is 34.0 Å². The molecule has 6 nitrogen and oxygen atoms in total. The monoisotopic (exact) mass is 338 g/mol. The lowest BCUT2D eigenvalue weighted by Gasteiger charge is -2.25. The molecule has 0 bridgehead atoms. The van der Waals surface area contributed by atoms with E-state index in [9.17, 15) is 4.79 Å². The molecule has 8 heteroatoms. The van der Waals surface area contributed by atoms with Crippen LogP contribution in [0, 0.1) is 0 Å². The van der Waals surface area contributed by atoms with Crippen LogP contribution in [0.3, 0.4) is 0 Å². The highest BCUT2D eigenvalue weighted by molar-refractivity contribution is 7.13. The Morgan fingerprint density at radius 3 is 3.18 bits per heavy atom. The summed E-state index contributed by atoms with van der Waals surface area (Å²) in [6.07, 6.45) is 0. The minimum Gasteiger partial charge on any atom is -0.492 e. The van der Waals surface area contributed by atoms with Crippen molar-refractivity contribution in [2.75, 3.05) is 18.5 Å². The Kier molecular flexibility index (Phi) is 4.56. The zero-order valence-electron chi connectivity index (χ0n) is 12.0. The van der Waals surface area contributed by atoms with Gasteiger partial charge in [-0.25, -0.2) is 0 Å². The Morgan fingerprint density at radius 1 is 1.55 bits per heavy atom. The second kappa shape index (κ2) is 6.60. The average Bonchev–Trinajstić information content (AvgIpc) is 2.91. The highest BCUT2D eigenvalue weighted by Gasteiger charge is 2.25. The molecule has 1 aromatic heterocycles. The van der Waals surface area contributed by atoms with E-state index >= 15 is 0 Å². The Balaban J connectivity index is 1.72. The fourth-order valence-corrected chi connectivity index (χ4v) is 2.96. The number of halogens is 1. The van der Waals surface area contributed by atoms with E-state index in [1.54, 1.807) is 5.51 Å². The number of benzene rings is 1. The second-order valence-electron chi connectivity index (χ2n) is 4.98. The number of amides is 1. The van der Waals surface area contributed by atoms with Crippen LogP contribution in [-0.2, 0) is 11.3 Å². The van der Waals surface area contributed by atoms with Crippen LogP contribution < -0.4 is 10.1 Å². The van der Waals surface area contributed by atoms with E-state index in [2.05, 4.69) is 20.4 Å². The summed E-state index contributed by atoms with van der Waals surface area (Å²) in [6.45, 7) is 3.68. The summed E-state index contributed by atoms with van der Waals surface area (Å²) in [5.74, 6) is 0.714. The SMILES string of the molecule is CC(C(=O)Nc1nncs1)N1CCOc2ccc(Cl)cc2C1. The van der Waals surface area contributed by atoms with E-state index in [0.717, 1.165) is 11.3 Å². The van der Waals surface area contributed by atoms with Crippen LogP contribution >= 0.6 is 22.9 Å². The predicted molar refractivity (Wildman–Crippen MR) is 85.4 cm³/mol. The van der Waals surface area contributed by atoms with Crippen molar-refractivity contribution in [3.05, 3.63) is 34.3 Å². The third-order valence-corrected chi connectivity index (χ3v) is 4.39. The molecule has 0 fully saturated rings. The van der Waals surface area contributed by atoms with Gasteiger partial charge in [0.05, 0.1) is 6.04 Å². The van der Waals surface area contributed by atoms with Crippen LogP contribution in [0.15, 0.2) is 23.7 Å². The summed E-state index contributed by atoms with van der Waals surface area (Å²) in [4.78, 5) is 14.4. The Bertz CT molecular complexity index is 665. The van der Waals surface area contributed by atoms with E-state index < -0.39 is 0 Å². The van der Waals surface area contributed by atoms with Crippen LogP contribution in [0.2, 0.25) is 5.02 Å². The van der Waals surface area contributed by atoms with Gasteiger partial charge in [-0.1, -0.05) is 22.9 Å². The van der Waals surface area contributed by atoms with E-state index in [1.807, 2.05) is 25.1 Å². The van der Waals surface area contributed by atoms with Gasteiger partial charge in [-0.15, -0.1) is 10.2 Å². The number of ether oxygens (including phenoxy) is 1. The van der Waals surface area contributed by atoms with Gasteiger partial charge in [0.25, 0.3) is 0 Å². The van der Waals surface area contributed by atoms with Crippen LogP contribution in [0.5, 0.6) is 5.75 Å². The molecular formula is C14H15ClN4O2S. The third kappa shape index (κ3) is 3.37. The quantitative estimate of drug-likeness (QED) is 0.930. The predicted octanol–water partition coefficient (Wildman–Crippen LogP) is 2.41. The molecule has 1 aliphatic heterocycles. The van der Waals surface area contributed by atoms with E-state index in [0.29, 0.717) is 29.9 Å². The fraction of sp³-hybridized carbons (Fsp3) is 0.357. The van der Waals surface area contributed by atoms with Gasteiger partial charge in [-0.2, -0.15) is 0 Å². The molecule has 116 valence electrons. The molecule has 2 heterocycles. The molecule has 0 aliphatic carbocycles. The second-order valence-corrected chi connectivity index (χ2v) is 6.25. The Morgan fingerprint density at radius 2 is 2.41 bits per heavy atom. The topological polar surface area (TPSA) is 67.4 Å². The molecule has 0 saturated heterocycles. The van der Waals surface area contributed by atoms with Crippen LogP contribution in [0.4, 0.5) is 5.13 Å². The first-order valence-corrected chi connectivity index (χ1v) is 8.11. The molecule has 0 radical (unpaired) electrons. The van der Waals surface area contributed by atoms with Crippen molar-refractivity contribution < 1.29 is 9.53 Å².